The molecule has 6 heteroatoms. The van der Waals surface area contributed by atoms with Gasteiger partial charge in [-0.05, 0) is 38.5 Å². The normalized spacial score (nSPS) is 14.1. The van der Waals surface area contributed by atoms with E-state index in [0.29, 0.717) is 26.2 Å². The first-order valence-electron chi connectivity index (χ1n) is 10.7. The molecular formula is C25H27FN4O. The lowest BCUT2D eigenvalue weighted by atomic mass is 10.1. The minimum atomic E-state index is -0.475. The van der Waals surface area contributed by atoms with E-state index in [1.54, 1.807) is 23.1 Å². The van der Waals surface area contributed by atoms with E-state index >= 15 is 0 Å². The van der Waals surface area contributed by atoms with Gasteiger partial charge in [0.25, 0.3) is 5.91 Å². The minimum absolute atomic E-state index is 0.129. The third-order valence-electron chi connectivity index (χ3n) is 5.79. The number of aromatic nitrogens is 2. The quantitative estimate of drug-likeness (QED) is 0.629. The second-order valence-electron chi connectivity index (χ2n) is 7.92. The Kier molecular flexibility index (Phi) is 5.98. The summed E-state index contributed by atoms with van der Waals surface area (Å²) >= 11 is 0. The molecule has 0 N–H and O–H groups in total. The summed E-state index contributed by atoms with van der Waals surface area (Å²) in [6, 6.07) is 14.4. The van der Waals surface area contributed by atoms with Crippen molar-refractivity contribution in [1.82, 2.24) is 14.9 Å². The molecule has 0 unspecified atom stereocenters. The summed E-state index contributed by atoms with van der Waals surface area (Å²) in [6.45, 7) is 8.55. The van der Waals surface area contributed by atoms with E-state index in [2.05, 4.69) is 30.9 Å². The van der Waals surface area contributed by atoms with Crippen LogP contribution in [0, 0.1) is 19.7 Å². The molecule has 1 aromatic heterocycles. The fraction of sp³-hybridized carbons (Fsp3) is 0.320. The standard InChI is InChI=1S/C25H27FN4O/c1-4-20-18(3)27-23(19-9-7-8-17(2)16-19)28-24(20)29-12-14-30(15-13-29)25(31)21-10-5-6-11-22(21)26/h5-11,16H,4,12-15H2,1-3H3. The minimum Gasteiger partial charge on any atom is -0.353 e. The van der Waals surface area contributed by atoms with Crippen LogP contribution in [-0.4, -0.2) is 47.0 Å². The molecule has 2 heterocycles. The molecule has 0 spiro atoms. The van der Waals surface area contributed by atoms with Crippen LogP contribution in [0.3, 0.4) is 0 Å². The Balaban J connectivity index is 1.58. The Hall–Kier alpha value is -3.28. The second kappa shape index (κ2) is 8.84. The van der Waals surface area contributed by atoms with E-state index < -0.39 is 5.82 Å². The van der Waals surface area contributed by atoms with Crippen LogP contribution < -0.4 is 4.90 Å². The predicted octanol–water partition coefficient (Wildman–Crippen LogP) is 4.42. The molecule has 4 rings (SSSR count). The maximum atomic E-state index is 14.0. The molecule has 1 saturated heterocycles. The highest BCUT2D eigenvalue weighted by Gasteiger charge is 2.26. The molecule has 1 fully saturated rings. The molecule has 1 amide bonds. The topological polar surface area (TPSA) is 49.3 Å². The zero-order valence-corrected chi connectivity index (χ0v) is 18.2. The van der Waals surface area contributed by atoms with E-state index in [4.69, 9.17) is 9.97 Å². The summed E-state index contributed by atoms with van der Waals surface area (Å²) < 4.78 is 14.0. The number of halogens is 1. The predicted molar refractivity (Wildman–Crippen MR) is 121 cm³/mol. The van der Waals surface area contributed by atoms with Crippen molar-refractivity contribution in [3.8, 4) is 11.4 Å². The van der Waals surface area contributed by atoms with Crippen LogP contribution in [-0.2, 0) is 6.42 Å². The first kappa shape index (κ1) is 21.0. The average molecular weight is 419 g/mol. The van der Waals surface area contributed by atoms with E-state index in [0.717, 1.165) is 34.9 Å². The van der Waals surface area contributed by atoms with Crippen LogP contribution in [0.25, 0.3) is 11.4 Å². The third-order valence-corrected chi connectivity index (χ3v) is 5.79. The highest BCUT2D eigenvalue weighted by Crippen LogP contribution is 2.27. The summed E-state index contributed by atoms with van der Waals surface area (Å²) in [7, 11) is 0. The van der Waals surface area contributed by atoms with Gasteiger partial charge >= 0.3 is 0 Å². The van der Waals surface area contributed by atoms with Gasteiger partial charge in [-0.15, -0.1) is 0 Å². The van der Waals surface area contributed by atoms with Gasteiger partial charge in [0.2, 0.25) is 0 Å². The number of benzene rings is 2. The Bertz CT molecular complexity index is 1110. The second-order valence-corrected chi connectivity index (χ2v) is 7.92. The summed E-state index contributed by atoms with van der Waals surface area (Å²) in [6.07, 6.45) is 0.837. The Morgan fingerprint density at radius 2 is 1.74 bits per heavy atom. The number of piperazine rings is 1. The molecular weight excluding hydrogens is 391 g/mol. The molecule has 0 saturated carbocycles. The van der Waals surface area contributed by atoms with E-state index in [-0.39, 0.29) is 11.5 Å². The molecule has 0 aliphatic carbocycles. The number of rotatable bonds is 4. The maximum absolute atomic E-state index is 14.0. The van der Waals surface area contributed by atoms with E-state index in [1.165, 1.54) is 11.6 Å². The van der Waals surface area contributed by atoms with Crippen molar-refractivity contribution in [2.45, 2.75) is 27.2 Å². The molecule has 3 aromatic rings. The molecule has 1 aliphatic heterocycles. The Morgan fingerprint density at radius 3 is 2.42 bits per heavy atom. The number of aryl methyl sites for hydroxylation is 2. The SMILES string of the molecule is CCc1c(C)nc(-c2cccc(C)c2)nc1N1CCN(C(=O)c2ccccc2F)CC1. The first-order valence-corrected chi connectivity index (χ1v) is 10.7. The third kappa shape index (κ3) is 4.29. The van der Waals surface area contributed by atoms with Gasteiger partial charge in [0.1, 0.15) is 11.6 Å². The monoisotopic (exact) mass is 418 g/mol. The maximum Gasteiger partial charge on any atom is 0.256 e. The number of carbonyl (C=O) groups is 1. The van der Waals surface area contributed by atoms with Crippen molar-refractivity contribution in [2.24, 2.45) is 0 Å². The highest BCUT2D eigenvalue weighted by atomic mass is 19.1. The lowest BCUT2D eigenvalue weighted by Gasteiger charge is -2.36. The zero-order valence-electron chi connectivity index (χ0n) is 18.2. The van der Waals surface area contributed by atoms with Crippen molar-refractivity contribution >= 4 is 11.7 Å². The largest absolute Gasteiger partial charge is 0.353 e. The summed E-state index contributed by atoms with van der Waals surface area (Å²) in [5, 5.41) is 0. The summed E-state index contributed by atoms with van der Waals surface area (Å²) in [5.41, 5.74) is 4.41. The van der Waals surface area contributed by atoms with Crippen LogP contribution in [0.4, 0.5) is 10.2 Å². The highest BCUT2D eigenvalue weighted by molar-refractivity contribution is 5.94. The molecule has 31 heavy (non-hydrogen) atoms. The molecule has 0 radical (unpaired) electrons. The zero-order chi connectivity index (χ0) is 22.0. The van der Waals surface area contributed by atoms with Crippen LogP contribution in [0.2, 0.25) is 0 Å². The average Bonchev–Trinajstić information content (AvgIpc) is 2.78. The van der Waals surface area contributed by atoms with Gasteiger partial charge in [-0.1, -0.05) is 42.8 Å². The number of hydrogen-bond donors (Lipinski definition) is 0. The fourth-order valence-electron chi connectivity index (χ4n) is 4.10. The molecule has 160 valence electrons. The summed E-state index contributed by atoms with van der Waals surface area (Å²) in [5.74, 6) is 0.924. The van der Waals surface area contributed by atoms with Gasteiger partial charge in [0, 0.05) is 43.0 Å². The number of carbonyl (C=O) groups excluding carboxylic acids is 1. The van der Waals surface area contributed by atoms with Crippen molar-refractivity contribution in [2.75, 3.05) is 31.1 Å². The fourth-order valence-corrected chi connectivity index (χ4v) is 4.10. The molecule has 2 aromatic carbocycles. The lowest BCUT2D eigenvalue weighted by Crippen LogP contribution is -2.49. The van der Waals surface area contributed by atoms with Crippen molar-refractivity contribution in [1.29, 1.82) is 0 Å². The molecule has 0 atom stereocenters. The first-order chi connectivity index (χ1) is 15.0. The smallest absolute Gasteiger partial charge is 0.256 e. The van der Waals surface area contributed by atoms with Gasteiger partial charge < -0.3 is 9.80 Å². The van der Waals surface area contributed by atoms with Crippen molar-refractivity contribution in [3.05, 3.63) is 76.7 Å². The van der Waals surface area contributed by atoms with Gasteiger partial charge in [-0.2, -0.15) is 0 Å². The number of nitrogens with zero attached hydrogens (tertiary/aromatic N) is 4. The summed E-state index contributed by atoms with van der Waals surface area (Å²) in [4.78, 5) is 26.4. The van der Waals surface area contributed by atoms with Crippen LogP contribution in [0.1, 0.15) is 34.1 Å². The van der Waals surface area contributed by atoms with Gasteiger partial charge in [-0.3, -0.25) is 4.79 Å². The van der Waals surface area contributed by atoms with E-state index in [1.807, 2.05) is 19.1 Å². The molecule has 5 nitrogen and oxygen atoms in total. The van der Waals surface area contributed by atoms with Crippen LogP contribution in [0.5, 0.6) is 0 Å². The van der Waals surface area contributed by atoms with Crippen LogP contribution >= 0.6 is 0 Å². The Labute approximate surface area is 182 Å². The van der Waals surface area contributed by atoms with Crippen molar-refractivity contribution in [3.63, 3.8) is 0 Å². The van der Waals surface area contributed by atoms with Gasteiger partial charge in [-0.25, -0.2) is 14.4 Å². The Morgan fingerprint density at radius 1 is 1.00 bits per heavy atom. The molecule has 0 bridgehead atoms. The molecule has 1 aliphatic rings. The van der Waals surface area contributed by atoms with Crippen molar-refractivity contribution < 1.29 is 9.18 Å². The number of hydrogen-bond acceptors (Lipinski definition) is 4. The number of amides is 1. The van der Waals surface area contributed by atoms with Gasteiger partial charge in [0.15, 0.2) is 5.82 Å². The lowest BCUT2D eigenvalue weighted by molar-refractivity contribution is 0.0741. The number of anilines is 1. The van der Waals surface area contributed by atoms with E-state index in [9.17, 15) is 9.18 Å². The van der Waals surface area contributed by atoms with Gasteiger partial charge in [0.05, 0.1) is 5.56 Å². The van der Waals surface area contributed by atoms with Crippen LogP contribution in [0.15, 0.2) is 48.5 Å².